The Bertz CT molecular complexity index is 872. The maximum absolute atomic E-state index is 5.99. The van der Waals surface area contributed by atoms with Gasteiger partial charge in [-0.15, -0.1) is 0 Å². The fraction of sp³-hybridized carbons (Fsp3) is 0.556. The normalized spacial score (nSPS) is 14.8. The van der Waals surface area contributed by atoms with Crippen LogP contribution < -0.4 is 4.74 Å². The lowest BCUT2D eigenvalue weighted by atomic mass is 10.1. The molecule has 0 aliphatic carbocycles. The largest absolute Gasteiger partial charge is 0.490 e. The molecule has 2 aromatic rings. The van der Waals surface area contributed by atoms with E-state index < -0.39 is 0 Å². The number of piperidine rings is 1. The number of benzene rings is 2. The van der Waals surface area contributed by atoms with E-state index in [4.69, 9.17) is 28.4 Å². The summed E-state index contributed by atoms with van der Waals surface area (Å²) in [5.41, 5.74) is 0. The molecule has 3 rings (SSSR count). The van der Waals surface area contributed by atoms with E-state index in [1.807, 2.05) is 42.3 Å². The van der Waals surface area contributed by atoms with Gasteiger partial charge in [-0.3, -0.25) is 0 Å². The van der Waals surface area contributed by atoms with Crippen LogP contribution >= 0.6 is 43.8 Å². The number of halogens is 2. The monoisotopic (exact) mass is 661 g/mol. The van der Waals surface area contributed by atoms with Crippen molar-refractivity contribution in [3.8, 4) is 5.75 Å². The van der Waals surface area contributed by atoms with Crippen LogP contribution in [0.15, 0.2) is 62.4 Å². The Balaban J connectivity index is 1.03. The van der Waals surface area contributed by atoms with Crippen molar-refractivity contribution in [2.24, 2.45) is 0 Å². The number of para-hydroxylation sites is 1. The molecule has 0 radical (unpaired) electrons. The van der Waals surface area contributed by atoms with Crippen LogP contribution in [0.25, 0.3) is 0 Å². The van der Waals surface area contributed by atoms with Crippen molar-refractivity contribution in [1.82, 2.24) is 4.31 Å². The molecule has 0 aromatic heterocycles. The molecule has 206 valence electrons. The van der Waals surface area contributed by atoms with Crippen molar-refractivity contribution in [3.05, 3.63) is 57.5 Å². The highest BCUT2D eigenvalue weighted by Crippen LogP contribution is 2.32. The van der Waals surface area contributed by atoms with E-state index in [9.17, 15) is 0 Å². The van der Waals surface area contributed by atoms with Gasteiger partial charge in [0.15, 0.2) is 0 Å². The molecular weight excluding hydrogens is 626 g/mol. The molecule has 1 aliphatic heterocycles. The van der Waals surface area contributed by atoms with Gasteiger partial charge < -0.3 is 28.4 Å². The maximum Gasteiger partial charge on any atom is 0.133 e. The molecular formula is C27H37Br2NO6S. The summed E-state index contributed by atoms with van der Waals surface area (Å²) in [6.45, 7) is 7.56. The molecule has 0 atom stereocenters. The number of hydrogen-bond acceptors (Lipinski definition) is 8. The highest BCUT2D eigenvalue weighted by Gasteiger charge is 2.20. The van der Waals surface area contributed by atoms with Crippen molar-refractivity contribution >= 4 is 43.8 Å². The molecule has 1 saturated heterocycles. The minimum absolute atomic E-state index is 0.315. The Hall–Kier alpha value is -0.690. The Morgan fingerprint density at radius 2 is 1.16 bits per heavy atom. The van der Waals surface area contributed by atoms with Gasteiger partial charge in [0, 0.05) is 22.5 Å². The first-order chi connectivity index (χ1) is 18.2. The van der Waals surface area contributed by atoms with Crippen LogP contribution in [0, 0.1) is 0 Å². The second kappa shape index (κ2) is 19.4. The summed E-state index contributed by atoms with van der Waals surface area (Å²) in [4.78, 5) is 1.26. The van der Waals surface area contributed by atoms with Gasteiger partial charge in [-0.1, -0.05) is 24.3 Å². The summed E-state index contributed by atoms with van der Waals surface area (Å²) in [6.07, 6.45) is 2.41. The van der Waals surface area contributed by atoms with Crippen molar-refractivity contribution in [1.29, 1.82) is 0 Å². The van der Waals surface area contributed by atoms with E-state index in [2.05, 4.69) is 54.4 Å². The van der Waals surface area contributed by atoms with Crippen LogP contribution in [0.3, 0.4) is 0 Å². The zero-order valence-corrected chi connectivity index (χ0v) is 25.1. The van der Waals surface area contributed by atoms with Crippen LogP contribution in [0.4, 0.5) is 0 Å². The van der Waals surface area contributed by atoms with E-state index in [0.717, 1.165) is 40.6 Å². The van der Waals surface area contributed by atoms with Gasteiger partial charge >= 0.3 is 0 Å². The predicted molar refractivity (Wildman–Crippen MR) is 153 cm³/mol. The fourth-order valence-corrected chi connectivity index (χ4v) is 5.42. The molecule has 0 bridgehead atoms. The van der Waals surface area contributed by atoms with Gasteiger partial charge in [0.05, 0.1) is 70.0 Å². The molecule has 37 heavy (non-hydrogen) atoms. The molecule has 10 heteroatoms. The first-order valence-corrected chi connectivity index (χ1v) is 15.1. The lowest BCUT2D eigenvalue weighted by Gasteiger charge is -2.31. The van der Waals surface area contributed by atoms with E-state index in [-0.39, 0.29) is 0 Å². The van der Waals surface area contributed by atoms with Crippen LogP contribution in [0.2, 0.25) is 0 Å². The van der Waals surface area contributed by atoms with E-state index >= 15 is 0 Å². The molecule has 0 spiro atoms. The summed E-state index contributed by atoms with van der Waals surface area (Å²) in [7, 11) is 0. The first kappa shape index (κ1) is 30.8. The van der Waals surface area contributed by atoms with Gasteiger partial charge in [-0.25, -0.2) is 4.31 Å². The lowest BCUT2D eigenvalue weighted by Crippen LogP contribution is -2.33. The van der Waals surface area contributed by atoms with Crippen LogP contribution in [0.1, 0.15) is 12.8 Å². The van der Waals surface area contributed by atoms with Gasteiger partial charge in [0.1, 0.15) is 12.4 Å². The minimum Gasteiger partial charge on any atom is -0.490 e. The van der Waals surface area contributed by atoms with Crippen molar-refractivity contribution < 1.29 is 28.4 Å². The molecule has 0 N–H and O–H groups in total. The zero-order chi connectivity index (χ0) is 26.0. The summed E-state index contributed by atoms with van der Waals surface area (Å²) in [6, 6.07) is 16.1. The van der Waals surface area contributed by atoms with Crippen LogP contribution in [0.5, 0.6) is 5.75 Å². The third kappa shape index (κ3) is 13.3. The summed E-state index contributed by atoms with van der Waals surface area (Å²) >= 11 is 8.89. The number of hydrogen-bond donors (Lipinski definition) is 0. The smallest absolute Gasteiger partial charge is 0.133 e. The van der Waals surface area contributed by atoms with E-state index in [1.165, 1.54) is 4.90 Å². The van der Waals surface area contributed by atoms with Gasteiger partial charge in [0.2, 0.25) is 0 Å². The van der Waals surface area contributed by atoms with E-state index in [0.29, 0.717) is 72.2 Å². The van der Waals surface area contributed by atoms with Gasteiger partial charge in [-0.05, 0) is 80.9 Å². The number of nitrogens with zero attached hydrogens (tertiary/aromatic N) is 1. The highest BCUT2D eigenvalue weighted by molar-refractivity contribution is 9.10. The van der Waals surface area contributed by atoms with Crippen molar-refractivity contribution in [2.45, 2.75) is 23.8 Å². The Labute approximate surface area is 241 Å². The summed E-state index contributed by atoms with van der Waals surface area (Å²) in [5, 5.41) is 0. The summed E-state index contributed by atoms with van der Waals surface area (Å²) in [5.74, 6) is 0.819. The summed E-state index contributed by atoms with van der Waals surface area (Å²) < 4.78 is 38.3. The topological polar surface area (TPSA) is 58.6 Å². The van der Waals surface area contributed by atoms with Crippen LogP contribution in [-0.4, -0.2) is 89.6 Å². The lowest BCUT2D eigenvalue weighted by molar-refractivity contribution is -0.0315. The molecule has 1 heterocycles. The van der Waals surface area contributed by atoms with Gasteiger partial charge in [-0.2, -0.15) is 0 Å². The standard InChI is InChI=1S/C27H37Br2NO6S/c28-24-5-1-3-7-26(24)36-22-20-34-18-16-32-14-13-31-15-17-33-19-21-35-23-9-11-30(12-10-23)37-27-8-4-2-6-25(27)29/h1-8,23H,9-22H2. The molecule has 7 nitrogen and oxygen atoms in total. The van der Waals surface area contributed by atoms with Crippen LogP contribution in [-0.2, 0) is 23.7 Å². The second-order valence-electron chi connectivity index (χ2n) is 8.25. The second-order valence-corrected chi connectivity index (χ2v) is 11.1. The average Bonchev–Trinajstić information content (AvgIpc) is 2.91. The predicted octanol–water partition coefficient (Wildman–Crippen LogP) is 5.85. The molecule has 1 fully saturated rings. The van der Waals surface area contributed by atoms with Crippen molar-refractivity contribution in [3.63, 3.8) is 0 Å². The number of ether oxygens (including phenoxy) is 6. The van der Waals surface area contributed by atoms with Gasteiger partial charge in [0.25, 0.3) is 0 Å². The SMILES string of the molecule is Brc1ccccc1OCCOCCOCCOCCOCCOC1CCN(Sc2ccccc2Br)CC1. The van der Waals surface area contributed by atoms with E-state index in [1.54, 1.807) is 0 Å². The molecule has 0 unspecified atom stereocenters. The molecule has 0 amide bonds. The minimum atomic E-state index is 0.315. The zero-order valence-electron chi connectivity index (χ0n) is 21.2. The quantitative estimate of drug-likeness (QED) is 0.137. The van der Waals surface area contributed by atoms with Crippen molar-refractivity contribution in [2.75, 3.05) is 79.2 Å². The molecule has 2 aromatic carbocycles. The highest BCUT2D eigenvalue weighted by atomic mass is 79.9. The first-order valence-electron chi connectivity index (χ1n) is 12.7. The average molecular weight is 663 g/mol. The third-order valence-corrected chi connectivity index (χ3v) is 8.27. The third-order valence-electron chi connectivity index (χ3n) is 5.48. The maximum atomic E-state index is 5.99. The Kier molecular flexibility index (Phi) is 16.2. The number of rotatable bonds is 19. The molecule has 0 saturated carbocycles. The Morgan fingerprint density at radius 1 is 0.649 bits per heavy atom. The Morgan fingerprint density at radius 3 is 1.76 bits per heavy atom. The molecule has 1 aliphatic rings. The fourth-order valence-electron chi connectivity index (χ4n) is 3.56.